The van der Waals surface area contributed by atoms with Crippen LogP contribution >= 0.6 is 11.3 Å². The molecule has 1 aromatic heterocycles. The molecule has 3 rings (SSSR count). The Morgan fingerprint density at radius 3 is 2.75 bits per heavy atom. The van der Waals surface area contributed by atoms with Crippen LogP contribution in [-0.2, 0) is 11.2 Å². The van der Waals surface area contributed by atoms with Gasteiger partial charge in [0, 0.05) is 23.8 Å². The summed E-state index contributed by atoms with van der Waals surface area (Å²) in [7, 11) is 0. The average Bonchev–Trinajstić information content (AvgIpc) is 2.83. The normalized spacial score (nSPS) is 15.8. The third-order valence-corrected chi connectivity index (χ3v) is 4.38. The van der Waals surface area contributed by atoms with Crippen LogP contribution in [0, 0.1) is 0 Å². The number of hydrogen-bond donors (Lipinski definition) is 0. The zero-order valence-electron chi connectivity index (χ0n) is 11.3. The number of carbonyl (C=O) groups excluding carboxylic acids is 1. The van der Waals surface area contributed by atoms with Crippen LogP contribution in [0.5, 0.6) is 0 Å². The Hall–Kier alpha value is -1.74. The number of aromatic nitrogens is 1. The lowest BCUT2D eigenvalue weighted by Crippen LogP contribution is -1.93. The van der Waals surface area contributed by atoms with Crippen LogP contribution in [0.1, 0.15) is 30.7 Å². The minimum absolute atomic E-state index is 0.275. The van der Waals surface area contributed by atoms with Gasteiger partial charge in [0.25, 0.3) is 0 Å². The van der Waals surface area contributed by atoms with Gasteiger partial charge in [-0.15, -0.1) is 11.3 Å². The third kappa shape index (κ3) is 3.23. The van der Waals surface area contributed by atoms with E-state index in [4.69, 9.17) is 4.98 Å². The van der Waals surface area contributed by atoms with Gasteiger partial charge in [0.05, 0.1) is 10.7 Å². The highest BCUT2D eigenvalue weighted by Gasteiger charge is 2.11. The summed E-state index contributed by atoms with van der Waals surface area (Å²) in [5, 5.41) is 3.20. The zero-order chi connectivity index (χ0) is 13.8. The fraction of sp³-hybridized carbons (Fsp3) is 0.294. The Morgan fingerprint density at radius 1 is 1.10 bits per heavy atom. The summed E-state index contributed by atoms with van der Waals surface area (Å²) in [5.41, 5.74) is 3.42. The molecule has 0 saturated carbocycles. The number of rotatable bonds is 3. The Morgan fingerprint density at radius 2 is 1.90 bits per heavy atom. The summed E-state index contributed by atoms with van der Waals surface area (Å²) >= 11 is 1.68. The molecule has 0 aliphatic heterocycles. The van der Waals surface area contributed by atoms with E-state index in [9.17, 15) is 4.79 Å². The van der Waals surface area contributed by atoms with Crippen molar-refractivity contribution in [2.75, 3.05) is 0 Å². The fourth-order valence-electron chi connectivity index (χ4n) is 2.49. The molecule has 0 atom stereocenters. The van der Waals surface area contributed by atoms with Gasteiger partial charge in [-0.1, -0.05) is 35.9 Å². The van der Waals surface area contributed by atoms with Crippen LogP contribution in [0.25, 0.3) is 11.3 Å². The van der Waals surface area contributed by atoms with E-state index in [0.29, 0.717) is 6.42 Å². The first-order valence-electron chi connectivity index (χ1n) is 7.03. The van der Waals surface area contributed by atoms with E-state index in [1.807, 2.05) is 24.3 Å². The van der Waals surface area contributed by atoms with Crippen molar-refractivity contribution >= 4 is 17.1 Å². The highest BCUT2D eigenvalue weighted by molar-refractivity contribution is 7.10. The molecule has 20 heavy (non-hydrogen) atoms. The lowest BCUT2D eigenvalue weighted by atomic mass is 10.1. The SMILES string of the molecule is O=C1C=C(Cc2nc(-c3ccccc3)cs2)CCCC1. The molecule has 0 fully saturated rings. The number of nitrogens with zero attached hydrogens (tertiary/aromatic N) is 1. The second-order valence-electron chi connectivity index (χ2n) is 5.15. The topological polar surface area (TPSA) is 30.0 Å². The number of carbonyl (C=O) groups is 1. The third-order valence-electron chi connectivity index (χ3n) is 3.54. The lowest BCUT2D eigenvalue weighted by Gasteiger charge is -2.01. The van der Waals surface area contributed by atoms with Crippen LogP contribution in [-0.4, -0.2) is 10.8 Å². The van der Waals surface area contributed by atoms with Gasteiger partial charge in [-0.2, -0.15) is 0 Å². The monoisotopic (exact) mass is 283 g/mol. The van der Waals surface area contributed by atoms with Gasteiger partial charge in [0.15, 0.2) is 5.78 Å². The number of allylic oxidation sites excluding steroid dienone is 2. The van der Waals surface area contributed by atoms with Gasteiger partial charge < -0.3 is 0 Å². The van der Waals surface area contributed by atoms with E-state index in [0.717, 1.165) is 41.9 Å². The van der Waals surface area contributed by atoms with Crippen molar-refractivity contribution in [1.82, 2.24) is 4.98 Å². The molecule has 0 spiro atoms. The summed E-state index contributed by atoms with van der Waals surface area (Å²) in [6.07, 6.45) is 6.54. The maximum atomic E-state index is 11.6. The standard InChI is InChI=1S/C17H17NOS/c19-15-9-5-4-6-13(10-15)11-17-18-16(12-20-17)14-7-2-1-3-8-14/h1-3,7-8,10,12H,4-6,9,11H2. The minimum atomic E-state index is 0.275. The summed E-state index contributed by atoms with van der Waals surface area (Å²) < 4.78 is 0. The lowest BCUT2D eigenvalue weighted by molar-refractivity contribution is -0.114. The first kappa shape index (κ1) is 13.3. The molecule has 0 saturated heterocycles. The fourth-order valence-corrected chi connectivity index (χ4v) is 3.35. The molecule has 1 heterocycles. The number of thiazole rings is 1. The Kier molecular flexibility index (Phi) is 4.07. The molecule has 0 amide bonds. The molecule has 0 N–H and O–H groups in total. The molecule has 2 nitrogen and oxygen atoms in total. The number of hydrogen-bond acceptors (Lipinski definition) is 3. The Bertz CT molecular complexity index is 627. The average molecular weight is 283 g/mol. The van der Waals surface area contributed by atoms with E-state index in [1.165, 1.54) is 5.57 Å². The van der Waals surface area contributed by atoms with Gasteiger partial charge in [0.2, 0.25) is 0 Å². The van der Waals surface area contributed by atoms with Crippen molar-refractivity contribution in [2.24, 2.45) is 0 Å². The van der Waals surface area contributed by atoms with Crippen molar-refractivity contribution in [1.29, 1.82) is 0 Å². The minimum Gasteiger partial charge on any atom is -0.295 e. The van der Waals surface area contributed by atoms with E-state index < -0.39 is 0 Å². The zero-order valence-corrected chi connectivity index (χ0v) is 12.2. The highest BCUT2D eigenvalue weighted by atomic mass is 32.1. The molecule has 0 bridgehead atoms. The molecule has 102 valence electrons. The molecule has 1 aromatic carbocycles. The predicted molar refractivity (Wildman–Crippen MR) is 82.8 cm³/mol. The van der Waals surface area contributed by atoms with E-state index >= 15 is 0 Å². The predicted octanol–water partition coefficient (Wildman–Crippen LogP) is 4.42. The second kappa shape index (κ2) is 6.14. The van der Waals surface area contributed by atoms with Gasteiger partial charge >= 0.3 is 0 Å². The quantitative estimate of drug-likeness (QED) is 0.834. The van der Waals surface area contributed by atoms with Gasteiger partial charge in [-0.25, -0.2) is 4.98 Å². The van der Waals surface area contributed by atoms with Crippen molar-refractivity contribution < 1.29 is 4.79 Å². The first-order valence-corrected chi connectivity index (χ1v) is 7.91. The van der Waals surface area contributed by atoms with E-state index in [-0.39, 0.29) is 5.78 Å². The molecule has 3 heteroatoms. The second-order valence-corrected chi connectivity index (χ2v) is 6.09. The number of benzene rings is 1. The van der Waals surface area contributed by atoms with Crippen molar-refractivity contribution in [3.63, 3.8) is 0 Å². The summed E-state index contributed by atoms with van der Waals surface area (Å²) in [5.74, 6) is 0.275. The van der Waals surface area contributed by atoms with Gasteiger partial charge in [-0.3, -0.25) is 4.79 Å². The summed E-state index contributed by atoms with van der Waals surface area (Å²) in [4.78, 5) is 16.3. The van der Waals surface area contributed by atoms with Crippen molar-refractivity contribution in [2.45, 2.75) is 32.1 Å². The Balaban J connectivity index is 1.76. The molecular weight excluding hydrogens is 266 g/mol. The van der Waals surface area contributed by atoms with Crippen LogP contribution in [0.3, 0.4) is 0 Å². The summed E-state index contributed by atoms with van der Waals surface area (Å²) in [6, 6.07) is 10.2. The molecular formula is C17H17NOS. The van der Waals surface area contributed by atoms with Crippen molar-refractivity contribution in [3.8, 4) is 11.3 Å². The largest absolute Gasteiger partial charge is 0.295 e. The smallest absolute Gasteiger partial charge is 0.155 e. The molecule has 0 radical (unpaired) electrons. The Labute approximate surface area is 123 Å². The molecule has 0 unspecified atom stereocenters. The molecule has 1 aliphatic rings. The van der Waals surface area contributed by atoms with Gasteiger partial charge in [0.1, 0.15) is 0 Å². The van der Waals surface area contributed by atoms with Crippen LogP contribution in [0.15, 0.2) is 47.4 Å². The van der Waals surface area contributed by atoms with Crippen LogP contribution < -0.4 is 0 Å². The van der Waals surface area contributed by atoms with Gasteiger partial charge in [-0.05, 0) is 25.3 Å². The summed E-state index contributed by atoms with van der Waals surface area (Å²) in [6.45, 7) is 0. The van der Waals surface area contributed by atoms with Crippen molar-refractivity contribution in [3.05, 3.63) is 52.4 Å². The number of ketones is 1. The highest BCUT2D eigenvalue weighted by Crippen LogP contribution is 2.25. The molecule has 1 aliphatic carbocycles. The maximum absolute atomic E-state index is 11.6. The molecule has 2 aromatic rings. The van der Waals surface area contributed by atoms with Crippen LogP contribution in [0.2, 0.25) is 0 Å². The first-order chi connectivity index (χ1) is 9.81. The van der Waals surface area contributed by atoms with E-state index in [1.54, 1.807) is 11.3 Å². The van der Waals surface area contributed by atoms with E-state index in [2.05, 4.69) is 17.5 Å². The maximum Gasteiger partial charge on any atom is 0.155 e. The van der Waals surface area contributed by atoms with Crippen LogP contribution in [0.4, 0.5) is 0 Å².